The van der Waals surface area contributed by atoms with Crippen LogP contribution < -0.4 is 20.1 Å². The SMILES string of the molecule is COC(=O)[C@@H](CNC(=O)Nc1ccc2c(c1)OCCO2)CC(C)C. The number of amides is 2. The van der Waals surface area contributed by atoms with E-state index in [1.165, 1.54) is 7.11 Å². The number of hydrogen-bond donors (Lipinski definition) is 2. The summed E-state index contributed by atoms with van der Waals surface area (Å²) in [6.07, 6.45) is 0.650. The molecule has 2 N–H and O–H groups in total. The van der Waals surface area contributed by atoms with Gasteiger partial charge in [0.2, 0.25) is 0 Å². The van der Waals surface area contributed by atoms with Gasteiger partial charge in [0.15, 0.2) is 11.5 Å². The van der Waals surface area contributed by atoms with Crippen LogP contribution in [0.3, 0.4) is 0 Å². The first-order valence-electron chi connectivity index (χ1n) is 8.02. The minimum absolute atomic E-state index is 0.223. The maximum atomic E-state index is 12.0. The number of hydrogen-bond acceptors (Lipinski definition) is 5. The Labute approximate surface area is 141 Å². The maximum absolute atomic E-state index is 12.0. The van der Waals surface area contributed by atoms with E-state index in [1.807, 2.05) is 13.8 Å². The van der Waals surface area contributed by atoms with Gasteiger partial charge in [0, 0.05) is 18.3 Å². The molecule has 0 aliphatic carbocycles. The lowest BCUT2D eigenvalue weighted by atomic mass is 9.97. The quantitative estimate of drug-likeness (QED) is 0.779. The first kappa shape index (κ1) is 17.9. The van der Waals surface area contributed by atoms with Gasteiger partial charge in [-0.1, -0.05) is 13.8 Å². The Kier molecular flexibility index (Phi) is 6.28. The topological polar surface area (TPSA) is 85.9 Å². The summed E-state index contributed by atoms with van der Waals surface area (Å²) in [6, 6.07) is 4.81. The van der Waals surface area contributed by atoms with Crippen molar-refractivity contribution in [1.29, 1.82) is 0 Å². The van der Waals surface area contributed by atoms with Crippen molar-refractivity contribution in [2.75, 3.05) is 32.2 Å². The van der Waals surface area contributed by atoms with E-state index in [9.17, 15) is 9.59 Å². The molecule has 0 fully saturated rings. The fourth-order valence-corrected chi connectivity index (χ4v) is 2.51. The second kappa shape index (κ2) is 8.42. The molecule has 7 nitrogen and oxygen atoms in total. The van der Waals surface area contributed by atoms with Crippen LogP contribution in [0.25, 0.3) is 0 Å². The van der Waals surface area contributed by atoms with Gasteiger partial charge in [-0.2, -0.15) is 0 Å². The van der Waals surface area contributed by atoms with Crippen LogP contribution in [0.2, 0.25) is 0 Å². The summed E-state index contributed by atoms with van der Waals surface area (Å²) in [4.78, 5) is 23.8. The molecular weight excluding hydrogens is 312 g/mol. The molecule has 1 aromatic rings. The van der Waals surface area contributed by atoms with E-state index in [4.69, 9.17) is 14.2 Å². The third-order valence-corrected chi connectivity index (χ3v) is 3.60. The number of methoxy groups -OCH3 is 1. The minimum atomic E-state index is -0.385. The number of esters is 1. The molecule has 1 aliphatic rings. The normalized spacial score (nSPS) is 14.0. The molecule has 1 atom stereocenters. The molecular formula is C17H24N2O5. The highest BCUT2D eigenvalue weighted by molar-refractivity contribution is 5.90. The van der Waals surface area contributed by atoms with Gasteiger partial charge < -0.3 is 24.8 Å². The van der Waals surface area contributed by atoms with Gasteiger partial charge in [-0.3, -0.25) is 4.79 Å². The third kappa shape index (κ3) is 5.04. The van der Waals surface area contributed by atoms with Gasteiger partial charge >= 0.3 is 12.0 Å². The lowest BCUT2D eigenvalue weighted by Gasteiger charge is -2.19. The molecule has 7 heteroatoms. The average Bonchev–Trinajstić information content (AvgIpc) is 2.57. The van der Waals surface area contributed by atoms with Gasteiger partial charge in [0.25, 0.3) is 0 Å². The van der Waals surface area contributed by atoms with Crippen molar-refractivity contribution >= 4 is 17.7 Å². The van der Waals surface area contributed by atoms with Crippen molar-refractivity contribution in [1.82, 2.24) is 5.32 Å². The van der Waals surface area contributed by atoms with Crippen LogP contribution >= 0.6 is 0 Å². The summed E-state index contributed by atoms with van der Waals surface area (Å²) in [7, 11) is 1.35. The minimum Gasteiger partial charge on any atom is -0.486 e. The Morgan fingerprint density at radius 1 is 1.21 bits per heavy atom. The number of anilines is 1. The standard InChI is InChI=1S/C17H24N2O5/c1-11(2)8-12(16(20)22-3)10-18-17(21)19-13-4-5-14-15(9-13)24-7-6-23-14/h4-5,9,11-12H,6-8,10H2,1-3H3,(H2,18,19,21)/t12-/m1/s1. The summed E-state index contributed by atoms with van der Waals surface area (Å²) in [5.74, 6) is 0.919. The van der Waals surface area contributed by atoms with Crippen molar-refractivity contribution in [3.63, 3.8) is 0 Å². The summed E-state index contributed by atoms with van der Waals surface area (Å²) >= 11 is 0. The Balaban J connectivity index is 1.89. The number of nitrogens with one attached hydrogen (secondary N) is 2. The van der Waals surface area contributed by atoms with E-state index in [0.717, 1.165) is 0 Å². The van der Waals surface area contributed by atoms with Crippen molar-refractivity contribution < 1.29 is 23.8 Å². The first-order chi connectivity index (χ1) is 11.5. The number of carbonyl (C=O) groups excluding carboxylic acids is 2. The summed E-state index contributed by atoms with van der Waals surface area (Å²) < 4.78 is 15.7. The molecule has 2 rings (SSSR count). The fourth-order valence-electron chi connectivity index (χ4n) is 2.51. The molecule has 0 saturated carbocycles. The van der Waals surface area contributed by atoms with Crippen molar-refractivity contribution in [2.45, 2.75) is 20.3 Å². The van der Waals surface area contributed by atoms with Crippen molar-refractivity contribution in [3.05, 3.63) is 18.2 Å². The first-order valence-corrected chi connectivity index (χ1v) is 8.02. The van der Waals surface area contributed by atoms with Crippen molar-refractivity contribution in [2.24, 2.45) is 11.8 Å². The number of ether oxygens (including phenoxy) is 3. The molecule has 1 aromatic carbocycles. The number of rotatable bonds is 6. The van der Waals surface area contributed by atoms with Crippen molar-refractivity contribution in [3.8, 4) is 11.5 Å². The molecule has 0 saturated heterocycles. The number of benzene rings is 1. The molecule has 0 radical (unpaired) electrons. The Bertz CT molecular complexity index is 588. The molecule has 24 heavy (non-hydrogen) atoms. The van der Waals surface area contributed by atoms with Crippen LogP contribution in [0.5, 0.6) is 11.5 Å². The monoisotopic (exact) mass is 336 g/mol. The number of urea groups is 1. The smallest absolute Gasteiger partial charge is 0.319 e. The summed E-state index contributed by atoms with van der Waals surface area (Å²) in [5.41, 5.74) is 0.593. The zero-order valence-corrected chi connectivity index (χ0v) is 14.3. The highest BCUT2D eigenvalue weighted by atomic mass is 16.6. The Morgan fingerprint density at radius 2 is 1.92 bits per heavy atom. The molecule has 132 valence electrons. The van der Waals surface area contributed by atoms with Gasteiger partial charge in [-0.05, 0) is 24.5 Å². The van der Waals surface area contributed by atoms with Gasteiger partial charge in [-0.15, -0.1) is 0 Å². The van der Waals surface area contributed by atoms with Gasteiger partial charge in [0.05, 0.1) is 13.0 Å². The molecule has 0 aromatic heterocycles. The molecule has 2 amide bonds. The largest absolute Gasteiger partial charge is 0.486 e. The fraction of sp³-hybridized carbons (Fsp3) is 0.529. The zero-order chi connectivity index (χ0) is 17.5. The van der Waals surface area contributed by atoms with Gasteiger partial charge in [0.1, 0.15) is 13.2 Å². The third-order valence-electron chi connectivity index (χ3n) is 3.60. The predicted octanol–water partition coefficient (Wildman–Crippen LogP) is 2.41. The molecule has 0 unspecified atom stereocenters. The summed E-state index contributed by atoms with van der Waals surface area (Å²) in [6.45, 7) is 5.27. The van der Waals surface area contributed by atoms with Crippen LogP contribution in [-0.2, 0) is 9.53 Å². The predicted molar refractivity (Wildman–Crippen MR) is 89.4 cm³/mol. The molecule has 1 heterocycles. The Morgan fingerprint density at radius 3 is 2.58 bits per heavy atom. The highest BCUT2D eigenvalue weighted by Gasteiger charge is 2.21. The maximum Gasteiger partial charge on any atom is 0.319 e. The second-order valence-corrected chi connectivity index (χ2v) is 6.04. The molecule has 0 bridgehead atoms. The second-order valence-electron chi connectivity index (χ2n) is 6.04. The molecule has 0 spiro atoms. The summed E-state index contributed by atoms with van der Waals surface area (Å²) in [5, 5.41) is 5.43. The average molecular weight is 336 g/mol. The number of carbonyl (C=O) groups is 2. The number of fused-ring (bicyclic) bond motifs is 1. The molecule has 1 aliphatic heterocycles. The lowest BCUT2D eigenvalue weighted by molar-refractivity contribution is -0.145. The van der Waals surface area contributed by atoms with E-state index in [0.29, 0.717) is 42.7 Å². The van der Waals surface area contributed by atoms with Crippen LogP contribution in [0.4, 0.5) is 10.5 Å². The van der Waals surface area contributed by atoms with Crippen LogP contribution in [0, 0.1) is 11.8 Å². The van der Waals surface area contributed by atoms with Gasteiger partial charge in [-0.25, -0.2) is 4.79 Å². The zero-order valence-electron chi connectivity index (χ0n) is 14.3. The lowest BCUT2D eigenvalue weighted by Crippen LogP contribution is -2.36. The van der Waals surface area contributed by atoms with E-state index in [-0.39, 0.29) is 24.5 Å². The van der Waals surface area contributed by atoms with E-state index in [1.54, 1.807) is 18.2 Å². The van der Waals surface area contributed by atoms with E-state index >= 15 is 0 Å². The Hall–Kier alpha value is -2.44. The van der Waals surface area contributed by atoms with Crippen LogP contribution in [0.15, 0.2) is 18.2 Å². The van der Waals surface area contributed by atoms with E-state index < -0.39 is 0 Å². The van der Waals surface area contributed by atoms with Crippen LogP contribution in [0.1, 0.15) is 20.3 Å². The highest BCUT2D eigenvalue weighted by Crippen LogP contribution is 2.32. The van der Waals surface area contributed by atoms with Crippen LogP contribution in [-0.4, -0.2) is 38.9 Å². The van der Waals surface area contributed by atoms with E-state index in [2.05, 4.69) is 10.6 Å².